The fourth-order valence-corrected chi connectivity index (χ4v) is 2.07. The molecule has 3 N–H and O–H groups in total. The number of carbonyl (C=O) groups excluding carboxylic acids is 1. The molecule has 0 saturated heterocycles. The van der Waals surface area contributed by atoms with Crippen LogP contribution in [-0.4, -0.2) is 13.0 Å². The molecule has 0 aliphatic rings. The van der Waals surface area contributed by atoms with Gasteiger partial charge in [-0.3, -0.25) is 4.79 Å². The number of methoxy groups -OCH3 is 1. The third-order valence-electron chi connectivity index (χ3n) is 2.60. The Labute approximate surface area is 126 Å². The lowest BCUT2D eigenvalue weighted by atomic mass is 10.2. The molecule has 0 spiro atoms. The highest BCUT2D eigenvalue weighted by Gasteiger charge is 2.11. The van der Waals surface area contributed by atoms with Crippen LogP contribution in [0.25, 0.3) is 0 Å². The molecule has 0 atom stereocenters. The van der Waals surface area contributed by atoms with Crippen molar-refractivity contribution in [2.45, 2.75) is 0 Å². The molecule has 2 aromatic rings. The first-order valence-electron chi connectivity index (χ1n) is 5.70. The molecule has 0 aromatic heterocycles. The molecular formula is C14H12Cl2N2O2. The smallest absolute Gasteiger partial charge is 0.255 e. The van der Waals surface area contributed by atoms with Crippen LogP contribution < -0.4 is 15.8 Å². The predicted molar refractivity (Wildman–Crippen MR) is 81.8 cm³/mol. The van der Waals surface area contributed by atoms with Crippen molar-refractivity contribution in [2.24, 2.45) is 0 Å². The number of rotatable bonds is 3. The number of hydrogen-bond donors (Lipinski definition) is 2. The van der Waals surface area contributed by atoms with Gasteiger partial charge >= 0.3 is 0 Å². The molecule has 2 rings (SSSR count). The zero-order valence-electron chi connectivity index (χ0n) is 10.6. The third-order valence-corrected chi connectivity index (χ3v) is 3.15. The number of hydrogen-bond acceptors (Lipinski definition) is 3. The number of ether oxygens (including phenoxy) is 1. The lowest BCUT2D eigenvalue weighted by Gasteiger charge is -2.09. The zero-order chi connectivity index (χ0) is 14.7. The predicted octanol–water partition coefficient (Wildman–Crippen LogP) is 3.84. The van der Waals surface area contributed by atoms with Crippen molar-refractivity contribution in [2.75, 3.05) is 18.2 Å². The van der Waals surface area contributed by atoms with Crippen molar-refractivity contribution in [3.63, 3.8) is 0 Å². The van der Waals surface area contributed by atoms with Gasteiger partial charge in [-0.25, -0.2) is 0 Å². The van der Waals surface area contributed by atoms with Crippen molar-refractivity contribution < 1.29 is 9.53 Å². The fourth-order valence-electron chi connectivity index (χ4n) is 1.67. The number of anilines is 2. The van der Waals surface area contributed by atoms with Gasteiger partial charge in [0.2, 0.25) is 0 Å². The molecule has 0 unspecified atom stereocenters. The second-order valence-corrected chi connectivity index (χ2v) is 4.92. The Morgan fingerprint density at radius 3 is 2.60 bits per heavy atom. The van der Waals surface area contributed by atoms with E-state index in [1.165, 1.54) is 19.2 Å². The van der Waals surface area contributed by atoms with Crippen LogP contribution in [0.3, 0.4) is 0 Å². The molecule has 1 amide bonds. The van der Waals surface area contributed by atoms with E-state index < -0.39 is 0 Å². The summed E-state index contributed by atoms with van der Waals surface area (Å²) in [6.07, 6.45) is 0. The SMILES string of the molecule is COc1ccc(Cl)c(NC(=O)c2cc(N)cc(Cl)c2)c1. The minimum Gasteiger partial charge on any atom is -0.497 e. The third kappa shape index (κ3) is 3.35. The number of nitrogen functional groups attached to an aromatic ring is 1. The van der Waals surface area contributed by atoms with Gasteiger partial charge in [0.05, 0.1) is 17.8 Å². The second kappa shape index (κ2) is 6.03. The fraction of sp³-hybridized carbons (Fsp3) is 0.0714. The van der Waals surface area contributed by atoms with Crippen LogP contribution in [0.2, 0.25) is 10.0 Å². The molecule has 0 fully saturated rings. The van der Waals surface area contributed by atoms with Gasteiger partial charge in [-0.1, -0.05) is 23.2 Å². The van der Waals surface area contributed by atoms with Gasteiger partial charge in [-0.2, -0.15) is 0 Å². The van der Waals surface area contributed by atoms with E-state index in [4.69, 9.17) is 33.7 Å². The van der Waals surface area contributed by atoms with Gasteiger partial charge < -0.3 is 15.8 Å². The molecule has 0 bridgehead atoms. The quantitative estimate of drug-likeness (QED) is 0.847. The maximum absolute atomic E-state index is 12.1. The second-order valence-electron chi connectivity index (χ2n) is 4.07. The maximum atomic E-state index is 12.1. The summed E-state index contributed by atoms with van der Waals surface area (Å²) in [5, 5.41) is 3.50. The summed E-state index contributed by atoms with van der Waals surface area (Å²) >= 11 is 11.9. The topological polar surface area (TPSA) is 64.3 Å². The normalized spacial score (nSPS) is 10.2. The highest BCUT2D eigenvalue weighted by atomic mass is 35.5. The number of amides is 1. The molecule has 0 aliphatic heterocycles. The van der Waals surface area contributed by atoms with Crippen molar-refractivity contribution in [3.05, 3.63) is 52.0 Å². The van der Waals surface area contributed by atoms with Crippen LogP contribution in [0, 0.1) is 0 Å². The molecule has 104 valence electrons. The van der Waals surface area contributed by atoms with Crippen molar-refractivity contribution in [1.82, 2.24) is 0 Å². The molecule has 0 aliphatic carbocycles. The van der Waals surface area contributed by atoms with E-state index >= 15 is 0 Å². The molecule has 2 aromatic carbocycles. The lowest BCUT2D eigenvalue weighted by Crippen LogP contribution is -2.12. The van der Waals surface area contributed by atoms with Crippen molar-refractivity contribution in [1.29, 1.82) is 0 Å². The summed E-state index contributed by atoms with van der Waals surface area (Å²) in [6, 6.07) is 9.61. The maximum Gasteiger partial charge on any atom is 0.255 e. The van der Waals surface area contributed by atoms with Crippen LogP contribution in [0.15, 0.2) is 36.4 Å². The average molecular weight is 311 g/mol. The van der Waals surface area contributed by atoms with Gasteiger partial charge in [0, 0.05) is 22.3 Å². The van der Waals surface area contributed by atoms with E-state index in [2.05, 4.69) is 5.32 Å². The van der Waals surface area contributed by atoms with Gasteiger partial charge in [-0.05, 0) is 30.3 Å². The van der Waals surface area contributed by atoms with Crippen LogP contribution in [0.4, 0.5) is 11.4 Å². The standard InChI is InChI=1S/C14H12Cl2N2O2/c1-20-11-2-3-12(16)13(7-11)18-14(19)8-4-9(15)6-10(17)5-8/h2-7H,17H2,1H3,(H,18,19). The van der Waals surface area contributed by atoms with Gasteiger partial charge in [0.15, 0.2) is 0 Å². The van der Waals surface area contributed by atoms with E-state index in [9.17, 15) is 4.79 Å². The van der Waals surface area contributed by atoms with Crippen molar-refractivity contribution in [3.8, 4) is 5.75 Å². The monoisotopic (exact) mass is 310 g/mol. The number of carbonyl (C=O) groups is 1. The Kier molecular flexibility index (Phi) is 4.37. The van der Waals surface area contributed by atoms with Gasteiger partial charge in [0.1, 0.15) is 5.75 Å². The summed E-state index contributed by atoms with van der Waals surface area (Å²) in [7, 11) is 1.53. The molecule has 0 radical (unpaired) electrons. The molecule has 20 heavy (non-hydrogen) atoms. The molecule has 0 heterocycles. The van der Waals surface area contributed by atoms with Crippen LogP contribution in [0.5, 0.6) is 5.75 Å². The van der Waals surface area contributed by atoms with E-state index in [0.29, 0.717) is 32.7 Å². The molecule has 0 saturated carbocycles. The largest absolute Gasteiger partial charge is 0.497 e. The van der Waals surface area contributed by atoms with Crippen LogP contribution in [-0.2, 0) is 0 Å². The Morgan fingerprint density at radius 1 is 1.20 bits per heavy atom. The highest BCUT2D eigenvalue weighted by Crippen LogP contribution is 2.27. The summed E-state index contributed by atoms with van der Waals surface area (Å²) in [5.74, 6) is 0.240. The van der Waals surface area contributed by atoms with Crippen LogP contribution in [0.1, 0.15) is 10.4 Å². The first kappa shape index (κ1) is 14.5. The first-order chi connectivity index (χ1) is 9.49. The minimum atomic E-state index is -0.352. The van der Waals surface area contributed by atoms with Crippen LogP contribution >= 0.6 is 23.2 Å². The number of nitrogens with one attached hydrogen (secondary N) is 1. The average Bonchev–Trinajstić information content (AvgIpc) is 2.40. The number of benzene rings is 2. The summed E-state index contributed by atoms with van der Waals surface area (Å²) in [4.78, 5) is 12.1. The minimum absolute atomic E-state index is 0.352. The van der Waals surface area contributed by atoms with Gasteiger partial charge in [-0.15, -0.1) is 0 Å². The van der Waals surface area contributed by atoms with Gasteiger partial charge in [0.25, 0.3) is 5.91 Å². The Bertz CT molecular complexity index is 639. The van der Waals surface area contributed by atoms with E-state index in [0.717, 1.165) is 0 Å². The van der Waals surface area contributed by atoms with E-state index in [-0.39, 0.29) is 5.91 Å². The molecule has 6 heteroatoms. The molecule has 4 nitrogen and oxygen atoms in total. The first-order valence-corrected chi connectivity index (χ1v) is 6.46. The number of halogens is 2. The molecular weight excluding hydrogens is 299 g/mol. The highest BCUT2D eigenvalue weighted by molar-refractivity contribution is 6.34. The van der Waals surface area contributed by atoms with E-state index in [1.807, 2.05) is 0 Å². The Hall–Kier alpha value is -1.91. The summed E-state index contributed by atoms with van der Waals surface area (Å²) in [6.45, 7) is 0. The Morgan fingerprint density at radius 2 is 1.95 bits per heavy atom. The number of nitrogens with two attached hydrogens (primary N) is 1. The summed E-state index contributed by atoms with van der Waals surface area (Å²) < 4.78 is 5.08. The summed E-state index contributed by atoms with van der Waals surface area (Å²) in [5.41, 5.74) is 6.88. The van der Waals surface area contributed by atoms with Crippen molar-refractivity contribution >= 4 is 40.5 Å². The van der Waals surface area contributed by atoms with E-state index in [1.54, 1.807) is 24.3 Å². The Balaban J connectivity index is 2.27. The lowest BCUT2D eigenvalue weighted by molar-refractivity contribution is 0.102. The zero-order valence-corrected chi connectivity index (χ0v) is 12.1.